The van der Waals surface area contributed by atoms with Gasteiger partial charge in [0.25, 0.3) is 0 Å². The summed E-state index contributed by atoms with van der Waals surface area (Å²) in [6, 6.07) is 0. The summed E-state index contributed by atoms with van der Waals surface area (Å²) in [6.45, 7) is 6.52. The fourth-order valence-corrected chi connectivity index (χ4v) is 10.0. The molecule has 6 heteroatoms. The van der Waals surface area contributed by atoms with E-state index in [4.69, 9.17) is 14.2 Å². The van der Waals surface area contributed by atoms with Gasteiger partial charge >= 0.3 is 17.9 Å². The molecule has 0 aliphatic carbocycles. The van der Waals surface area contributed by atoms with Gasteiger partial charge in [-0.1, -0.05) is 304 Å². The first kappa shape index (κ1) is 78.3. The third-order valence-electron chi connectivity index (χ3n) is 15.3. The molecule has 6 nitrogen and oxygen atoms in total. The Morgan fingerprint density at radius 3 is 0.780 bits per heavy atom. The van der Waals surface area contributed by atoms with Crippen LogP contribution in [0.15, 0.2) is 97.2 Å². The molecular formula is C76H132O6. The van der Waals surface area contributed by atoms with Gasteiger partial charge in [0, 0.05) is 19.3 Å². The molecule has 0 aliphatic heterocycles. The Labute approximate surface area is 508 Å². The van der Waals surface area contributed by atoms with Gasteiger partial charge in [-0.05, 0) is 122 Å². The number of carbonyl (C=O) groups is 3. The SMILES string of the molecule is CC/C=C\C/C=C\C/C=C\C/C=C\C/C=C\CCCCCC(=O)OC(COC(=O)CCCCCCCCC/C=C\C/C=C\CCCCCC)COC(=O)CCCCCCCCCCCCCCCCC/C=C\CCCCCCCCCC. The summed E-state index contributed by atoms with van der Waals surface area (Å²) in [6.07, 6.45) is 94.3. The average Bonchev–Trinajstić information content (AvgIpc) is 3.47. The first-order valence-corrected chi connectivity index (χ1v) is 35.2. The minimum absolute atomic E-state index is 0.0920. The maximum atomic E-state index is 12.9. The standard InChI is InChI=1S/C76H132O6/c1-4-7-10-13-16-19-22-25-28-31-34-35-36-37-38-39-40-41-43-45-48-51-54-57-60-63-66-69-75(78)81-72-73(71-80-74(77)68-65-62-59-56-53-50-47-44-33-30-27-24-21-18-15-12-9-6-3)82-76(79)70-67-64-61-58-55-52-49-46-42-32-29-26-23-20-17-14-11-8-5-2/h8,11,17,20-21,24,26,29-31,33-34,42,46,52,55,73H,4-7,9-10,12-16,18-19,22-23,25,27-28,32,35-41,43-45,47-51,53-54,56-72H2,1-3H3/b11-8-,20-17-,24-21-,29-26-,33-30-,34-31-,46-42-,55-52-. The molecule has 0 aromatic heterocycles. The molecule has 472 valence electrons. The van der Waals surface area contributed by atoms with E-state index in [2.05, 4.69) is 118 Å². The summed E-state index contributed by atoms with van der Waals surface area (Å²) in [4.78, 5) is 38.5. The van der Waals surface area contributed by atoms with E-state index >= 15 is 0 Å². The number of unbranched alkanes of at least 4 members (excludes halogenated alkanes) is 37. The summed E-state index contributed by atoms with van der Waals surface area (Å²) < 4.78 is 17.0. The zero-order valence-electron chi connectivity index (χ0n) is 54.2. The summed E-state index contributed by atoms with van der Waals surface area (Å²) in [5.74, 6) is -0.918. The topological polar surface area (TPSA) is 78.9 Å². The number of hydrogen-bond donors (Lipinski definition) is 0. The largest absolute Gasteiger partial charge is 0.462 e. The Hall–Kier alpha value is -3.67. The van der Waals surface area contributed by atoms with Crippen LogP contribution in [-0.4, -0.2) is 37.2 Å². The van der Waals surface area contributed by atoms with Crippen LogP contribution in [0.3, 0.4) is 0 Å². The molecule has 0 N–H and O–H groups in total. The lowest BCUT2D eigenvalue weighted by Gasteiger charge is -2.18. The molecule has 0 heterocycles. The molecule has 0 radical (unpaired) electrons. The van der Waals surface area contributed by atoms with Gasteiger partial charge in [-0.2, -0.15) is 0 Å². The maximum absolute atomic E-state index is 12.9. The van der Waals surface area contributed by atoms with E-state index in [9.17, 15) is 14.4 Å². The summed E-state index contributed by atoms with van der Waals surface area (Å²) in [5, 5.41) is 0. The van der Waals surface area contributed by atoms with Crippen molar-refractivity contribution in [3.8, 4) is 0 Å². The Morgan fingerprint density at radius 1 is 0.256 bits per heavy atom. The molecule has 0 aliphatic rings. The van der Waals surface area contributed by atoms with Crippen LogP contribution < -0.4 is 0 Å². The Kier molecular flexibility index (Phi) is 66.7. The zero-order valence-corrected chi connectivity index (χ0v) is 54.2. The minimum Gasteiger partial charge on any atom is -0.462 e. The lowest BCUT2D eigenvalue weighted by molar-refractivity contribution is -0.167. The summed E-state index contributed by atoms with van der Waals surface area (Å²) in [7, 11) is 0. The van der Waals surface area contributed by atoms with Crippen LogP contribution in [0.2, 0.25) is 0 Å². The van der Waals surface area contributed by atoms with Crippen LogP contribution >= 0.6 is 0 Å². The van der Waals surface area contributed by atoms with Crippen molar-refractivity contribution in [1.29, 1.82) is 0 Å². The monoisotopic (exact) mass is 1140 g/mol. The molecule has 1 unspecified atom stereocenters. The fraction of sp³-hybridized carbons (Fsp3) is 0.750. The number of rotatable bonds is 64. The van der Waals surface area contributed by atoms with Gasteiger partial charge in [0.05, 0.1) is 0 Å². The predicted octanol–water partition coefficient (Wildman–Crippen LogP) is 24.4. The van der Waals surface area contributed by atoms with Crippen molar-refractivity contribution in [2.24, 2.45) is 0 Å². The van der Waals surface area contributed by atoms with E-state index in [-0.39, 0.29) is 37.5 Å². The molecule has 0 saturated heterocycles. The second kappa shape index (κ2) is 69.8. The van der Waals surface area contributed by atoms with Gasteiger partial charge in [-0.25, -0.2) is 0 Å². The highest BCUT2D eigenvalue weighted by atomic mass is 16.6. The van der Waals surface area contributed by atoms with Crippen molar-refractivity contribution < 1.29 is 28.6 Å². The number of carbonyl (C=O) groups excluding carboxylic acids is 3. The number of allylic oxidation sites excluding steroid dienone is 16. The van der Waals surface area contributed by atoms with Crippen LogP contribution in [0.5, 0.6) is 0 Å². The first-order valence-electron chi connectivity index (χ1n) is 35.2. The molecular weight excluding hydrogens is 1010 g/mol. The zero-order chi connectivity index (χ0) is 59.2. The third-order valence-corrected chi connectivity index (χ3v) is 15.3. The lowest BCUT2D eigenvalue weighted by atomic mass is 10.0. The van der Waals surface area contributed by atoms with Gasteiger partial charge in [-0.3, -0.25) is 14.4 Å². The van der Waals surface area contributed by atoms with Crippen molar-refractivity contribution in [2.75, 3.05) is 13.2 Å². The average molecular weight is 1140 g/mol. The third kappa shape index (κ3) is 67.1. The van der Waals surface area contributed by atoms with E-state index in [0.717, 1.165) is 109 Å². The quantitative estimate of drug-likeness (QED) is 0.0261. The molecule has 1 atom stereocenters. The van der Waals surface area contributed by atoms with Gasteiger partial charge in [0.2, 0.25) is 0 Å². The number of esters is 3. The van der Waals surface area contributed by atoms with Crippen molar-refractivity contribution >= 4 is 17.9 Å². The molecule has 0 spiro atoms. The Morgan fingerprint density at radius 2 is 0.476 bits per heavy atom. The lowest BCUT2D eigenvalue weighted by Crippen LogP contribution is -2.30. The fourth-order valence-electron chi connectivity index (χ4n) is 10.0. The van der Waals surface area contributed by atoms with Crippen molar-refractivity contribution in [3.05, 3.63) is 97.2 Å². The molecule has 0 bridgehead atoms. The van der Waals surface area contributed by atoms with Crippen molar-refractivity contribution in [2.45, 2.75) is 354 Å². The summed E-state index contributed by atoms with van der Waals surface area (Å²) in [5.41, 5.74) is 0. The van der Waals surface area contributed by atoms with Gasteiger partial charge < -0.3 is 14.2 Å². The number of hydrogen-bond acceptors (Lipinski definition) is 6. The molecule has 0 fully saturated rings. The Bertz CT molecular complexity index is 1590. The molecule has 0 saturated carbocycles. The van der Waals surface area contributed by atoms with Crippen LogP contribution in [-0.2, 0) is 28.6 Å². The van der Waals surface area contributed by atoms with Gasteiger partial charge in [0.15, 0.2) is 6.10 Å². The summed E-state index contributed by atoms with van der Waals surface area (Å²) >= 11 is 0. The van der Waals surface area contributed by atoms with E-state index in [1.807, 2.05) is 0 Å². The highest BCUT2D eigenvalue weighted by Crippen LogP contribution is 2.17. The predicted molar refractivity (Wildman–Crippen MR) is 357 cm³/mol. The highest BCUT2D eigenvalue weighted by molar-refractivity contribution is 5.71. The van der Waals surface area contributed by atoms with Crippen molar-refractivity contribution in [3.63, 3.8) is 0 Å². The van der Waals surface area contributed by atoms with E-state index in [1.165, 1.54) is 199 Å². The molecule has 82 heavy (non-hydrogen) atoms. The minimum atomic E-state index is -0.801. The molecule has 0 amide bonds. The Balaban J connectivity index is 4.36. The first-order chi connectivity index (χ1) is 40.5. The smallest absolute Gasteiger partial charge is 0.306 e. The van der Waals surface area contributed by atoms with Crippen LogP contribution in [0.25, 0.3) is 0 Å². The van der Waals surface area contributed by atoms with Gasteiger partial charge in [0.1, 0.15) is 13.2 Å². The highest BCUT2D eigenvalue weighted by Gasteiger charge is 2.19. The molecule has 0 aromatic carbocycles. The van der Waals surface area contributed by atoms with E-state index < -0.39 is 6.10 Å². The van der Waals surface area contributed by atoms with Crippen LogP contribution in [0.4, 0.5) is 0 Å². The van der Waals surface area contributed by atoms with E-state index in [1.54, 1.807) is 0 Å². The van der Waals surface area contributed by atoms with E-state index in [0.29, 0.717) is 12.8 Å². The second-order valence-corrected chi connectivity index (χ2v) is 23.4. The number of ether oxygens (including phenoxy) is 3. The van der Waals surface area contributed by atoms with Gasteiger partial charge in [-0.15, -0.1) is 0 Å². The molecule has 0 rings (SSSR count). The second-order valence-electron chi connectivity index (χ2n) is 23.4. The van der Waals surface area contributed by atoms with Crippen LogP contribution in [0.1, 0.15) is 348 Å². The molecule has 0 aromatic rings. The van der Waals surface area contributed by atoms with Crippen molar-refractivity contribution in [1.82, 2.24) is 0 Å². The maximum Gasteiger partial charge on any atom is 0.306 e. The van der Waals surface area contributed by atoms with Crippen LogP contribution in [0, 0.1) is 0 Å². The normalized spacial score (nSPS) is 12.7.